The predicted octanol–water partition coefficient (Wildman–Crippen LogP) is 7.33. The third-order valence-corrected chi connectivity index (χ3v) is 3.89. The molecule has 0 saturated carbocycles. The maximum atomic E-state index is 2.42. The summed E-state index contributed by atoms with van der Waals surface area (Å²) in [6.45, 7) is 20.5. The molecule has 0 nitrogen and oxygen atoms in total. The van der Waals surface area contributed by atoms with Crippen molar-refractivity contribution < 1.29 is 0 Å². The van der Waals surface area contributed by atoms with E-state index in [-0.39, 0.29) is 5.41 Å². The van der Waals surface area contributed by atoms with Crippen LogP contribution in [0.2, 0.25) is 0 Å². The zero-order valence-corrected chi connectivity index (χ0v) is 16.0. The Kier molecular flexibility index (Phi) is 8.29. The second-order valence-corrected chi connectivity index (χ2v) is 8.83. The van der Waals surface area contributed by atoms with Crippen molar-refractivity contribution in [2.75, 3.05) is 0 Å². The largest absolute Gasteiger partial charge is 0.0856 e. The number of allylic oxidation sites excluding steroid dienone is 6. The molecule has 0 aliphatic heterocycles. The zero-order valence-electron chi connectivity index (χ0n) is 16.0. The normalized spacial score (nSPS) is 16.6. The lowest BCUT2D eigenvalue weighted by molar-refractivity contribution is 0.409. The Bertz CT molecular complexity index is 377. The van der Waals surface area contributed by atoms with Crippen molar-refractivity contribution in [1.29, 1.82) is 0 Å². The summed E-state index contributed by atoms with van der Waals surface area (Å²) in [7, 11) is 0. The van der Waals surface area contributed by atoms with Crippen LogP contribution in [0.1, 0.15) is 81.6 Å². The monoisotopic (exact) mass is 290 g/mol. The molecular weight excluding hydrogens is 252 g/mol. The standard InChI is InChI=1S/C21H38/c1-17(13-11-15-19(3)21(7,8)9)12-10-14-18(2)16-20(4,5)6/h11,13-15,17H,10,12,16H2,1-9H3/b13-11+,18-14+,19-15+. The average Bonchev–Trinajstić information content (AvgIpc) is 2.24. The highest BCUT2D eigenvalue weighted by molar-refractivity contribution is 5.16. The zero-order chi connectivity index (χ0) is 16.7. The molecular formula is C21H38. The van der Waals surface area contributed by atoms with Gasteiger partial charge in [0, 0.05) is 0 Å². The number of hydrogen-bond donors (Lipinski definition) is 0. The van der Waals surface area contributed by atoms with E-state index in [0.717, 1.165) is 0 Å². The molecule has 0 aromatic rings. The fraction of sp³-hybridized carbons (Fsp3) is 0.714. The molecule has 1 unspecified atom stereocenters. The maximum Gasteiger partial charge on any atom is -0.0173 e. The number of hydrogen-bond acceptors (Lipinski definition) is 0. The second kappa shape index (κ2) is 8.61. The van der Waals surface area contributed by atoms with Crippen LogP contribution >= 0.6 is 0 Å². The molecule has 0 fully saturated rings. The summed E-state index contributed by atoms with van der Waals surface area (Å²) < 4.78 is 0. The lowest BCUT2D eigenvalue weighted by Crippen LogP contribution is -2.05. The van der Waals surface area contributed by atoms with E-state index in [1.165, 1.54) is 30.4 Å². The predicted molar refractivity (Wildman–Crippen MR) is 98.6 cm³/mol. The van der Waals surface area contributed by atoms with E-state index in [9.17, 15) is 0 Å². The Morgan fingerprint density at radius 1 is 1.00 bits per heavy atom. The summed E-state index contributed by atoms with van der Waals surface area (Å²) in [4.78, 5) is 0. The van der Waals surface area contributed by atoms with Crippen LogP contribution in [0.15, 0.2) is 35.5 Å². The van der Waals surface area contributed by atoms with E-state index in [4.69, 9.17) is 0 Å². The molecule has 122 valence electrons. The highest BCUT2D eigenvalue weighted by atomic mass is 14.2. The van der Waals surface area contributed by atoms with Crippen molar-refractivity contribution in [2.24, 2.45) is 16.7 Å². The van der Waals surface area contributed by atoms with Gasteiger partial charge in [-0.2, -0.15) is 0 Å². The summed E-state index contributed by atoms with van der Waals surface area (Å²) in [6.07, 6.45) is 12.9. The van der Waals surface area contributed by atoms with Gasteiger partial charge in [-0.3, -0.25) is 0 Å². The quantitative estimate of drug-likeness (QED) is 0.355. The van der Waals surface area contributed by atoms with Gasteiger partial charge < -0.3 is 0 Å². The van der Waals surface area contributed by atoms with Crippen LogP contribution in [0.4, 0.5) is 0 Å². The summed E-state index contributed by atoms with van der Waals surface area (Å²) in [5.74, 6) is 0.646. The van der Waals surface area contributed by atoms with Crippen LogP contribution in [-0.4, -0.2) is 0 Å². The van der Waals surface area contributed by atoms with E-state index in [2.05, 4.69) is 86.6 Å². The smallest absolute Gasteiger partial charge is 0.0173 e. The fourth-order valence-electron chi connectivity index (χ4n) is 2.24. The maximum absolute atomic E-state index is 2.42. The van der Waals surface area contributed by atoms with Crippen LogP contribution in [0, 0.1) is 16.7 Å². The molecule has 0 heteroatoms. The molecule has 0 heterocycles. The Balaban J connectivity index is 4.23. The van der Waals surface area contributed by atoms with Gasteiger partial charge >= 0.3 is 0 Å². The highest BCUT2D eigenvalue weighted by Crippen LogP contribution is 2.25. The van der Waals surface area contributed by atoms with Gasteiger partial charge in [0.15, 0.2) is 0 Å². The Morgan fingerprint density at radius 3 is 2.05 bits per heavy atom. The molecule has 21 heavy (non-hydrogen) atoms. The Hall–Kier alpha value is -0.780. The molecule has 0 saturated heterocycles. The first-order chi connectivity index (χ1) is 9.42. The first kappa shape index (κ1) is 20.2. The molecule has 0 bridgehead atoms. The highest BCUT2D eigenvalue weighted by Gasteiger charge is 2.11. The van der Waals surface area contributed by atoms with Gasteiger partial charge in [0.25, 0.3) is 0 Å². The van der Waals surface area contributed by atoms with Crippen molar-refractivity contribution in [2.45, 2.75) is 81.6 Å². The molecule has 0 spiro atoms. The minimum Gasteiger partial charge on any atom is -0.0856 e. The fourth-order valence-corrected chi connectivity index (χ4v) is 2.24. The van der Waals surface area contributed by atoms with Gasteiger partial charge in [-0.25, -0.2) is 0 Å². The average molecular weight is 291 g/mol. The third-order valence-electron chi connectivity index (χ3n) is 3.89. The van der Waals surface area contributed by atoms with Crippen LogP contribution in [0.5, 0.6) is 0 Å². The first-order valence-electron chi connectivity index (χ1n) is 8.43. The van der Waals surface area contributed by atoms with Crippen molar-refractivity contribution in [3.05, 3.63) is 35.5 Å². The SMILES string of the molecule is C/C(=C\CCC(C)/C=C/C=C(\C)C(C)(C)C)CC(C)(C)C. The van der Waals surface area contributed by atoms with Gasteiger partial charge in [-0.1, -0.05) is 83.9 Å². The van der Waals surface area contributed by atoms with Crippen molar-refractivity contribution in [3.8, 4) is 0 Å². The van der Waals surface area contributed by atoms with Crippen molar-refractivity contribution in [1.82, 2.24) is 0 Å². The molecule has 0 aliphatic carbocycles. The molecule has 0 aromatic heterocycles. The number of rotatable bonds is 6. The molecule has 0 amide bonds. The molecule has 0 radical (unpaired) electrons. The Morgan fingerprint density at radius 2 is 1.57 bits per heavy atom. The van der Waals surface area contributed by atoms with Crippen LogP contribution < -0.4 is 0 Å². The van der Waals surface area contributed by atoms with E-state index >= 15 is 0 Å². The van der Waals surface area contributed by atoms with Gasteiger partial charge in [-0.05, 0) is 49.9 Å². The lowest BCUT2D eigenvalue weighted by atomic mass is 9.87. The molecule has 0 aliphatic rings. The van der Waals surface area contributed by atoms with Crippen LogP contribution in [0.25, 0.3) is 0 Å². The third kappa shape index (κ3) is 11.5. The van der Waals surface area contributed by atoms with Gasteiger partial charge in [0.1, 0.15) is 0 Å². The molecule has 1 atom stereocenters. The van der Waals surface area contributed by atoms with E-state index in [0.29, 0.717) is 11.3 Å². The summed E-state index contributed by atoms with van der Waals surface area (Å²) in [5, 5.41) is 0. The van der Waals surface area contributed by atoms with Crippen LogP contribution in [0.3, 0.4) is 0 Å². The van der Waals surface area contributed by atoms with Crippen molar-refractivity contribution >= 4 is 0 Å². The van der Waals surface area contributed by atoms with E-state index < -0.39 is 0 Å². The van der Waals surface area contributed by atoms with Gasteiger partial charge in [0.2, 0.25) is 0 Å². The molecule has 0 rings (SSSR count). The Labute approximate surface area is 134 Å². The van der Waals surface area contributed by atoms with Crippen LogP contribution in [-0.2, 0) is 0 Å². The van der Waals surface area contributed by atoms with Gasteiger partial charge in [-0.15, -0.1) is 0 Å². The van der Waals surface area contributed by atoms with Gasteiger partial charge in [0.05, 0.1) is 0 Å². The second-order valence-electron chi connectivity index (χ2n) is 8.83. The summed E-state index contributed by atoms with van der Waals surface area (Å²) in [6, 6.07) is 0. The minimum absolute atomic E-state index is 0.278. The topological polar surface area (TPSA) is 0 Å². The minimum atomic E-state index is 0.278. The van der Waals surface area contributed by atoms with E-state index in [1.807, 2.05) is 0 Å². The first-order valence-corrected chi connectivity index (χ1v) is 8.43. The van der Waals surface area contributed by atoms with Crippen molar-refractivity contribution in [3.63, 3.8) is 0 Å². The van der Waals surface area contributed by atoms with E-state index in [1.54, 1.807) is 0 Å². The molecule has 0 N–H and O–H groups in total. The molecule has 0 aromatic carbocycles. The summed E-state index contributed by atoms with van der Waals surface area (Å²) in [5.41, 5.74) is 3.65. The lowest BCUT2D eigenvalue weighted by Gasteiger charge is -2.19. The summed E-state index contributed by atoms with van der Waals surface area (Å²) >= 11 is 0.